The lowest BCUT2D eigenvalue weighted by atomic mass is 10.1. The maximum absolute atomic E-state index is 12.4. The van der Waals surface area contributed by atoms with Crippen LogP contribution in [-0.2, 0) is 0 Å². The van der Waals surface area contributed by atoms with Crippen LogP contribution in [0.4, 0.5) is 14.5 Å². The first-order chi connectivity index (χ1) is 12.0. The second kappa shape index (κ2) is 8.09. The van der Waals surface area contributed by atoms with Gasteiger partial charge >= 0.3 is 6.61 Å². The van der Waals surface area contributed by atoms with Crippen molar-refractivity contribution in [1.29, 1.82) is 0 Å². The van der Waals surface area contributed by atoms with Crippen molar-refractivity contribution in [3.63, 3.8) is 0 Å². The highest BCUT2D eigenvalue weighted by molar-refractivity contribution is 6.09. The van der Waals surface area contributed by atoms with Gasteiger partial charge in [0.1, 0.15) is 0 Å². The van der Waals surface area contributed by atoms with E-state index in [0.717, 1.165) is 0 Å². The lowest BCUT2D eigenvalue weighted by Gasteiger charge is -2.13. The number of para-hydroxylation sites is 1. The molecule has 0 aliphatic heterocycles. The van der Waals surface area contributed by atoms with Crippen molar-refractivity contribution in [3.8, 4) is 11.5 Å². The number of methoxy groups -OCH3 is 1. The number of ether oxygens (including phenoxy) is 2. The lowest BCUT2D eigenvalue weighted by Crippen LogP contribution is -2.21. The largest absolute Gasteiger partial charge is 0.493 e. The average Bonchev–Trinajstić information content (AvgIpc) is 2.61. The van der Waals surface area contributed by atoms with Gasteiger partial charge in [0.25, 0.3) is 11.8 Å². The van der Waals surface area contributed by atoms with Gasteiger partial charge in [0.05, 0.1) is 18.4 Å². The number of nitrogens with one attached hydrogen (secondary N) is 2. The van der Waals surface area contributed by atoms with Gasteiger partial charge in [-0.25, -0.2) is 0 Å². The van der Waals surface area contributed by atoms with Gasteiger partial charge in [0.15, 0.2) is 11.5 Å². The second-order valence-electron chi connectivity index (χ2n) is 4.82. The molecule has 0 bridgehead atoms. The quantitative estimate of drug-likeness (QED) is 0.840. The molecule has 0 atom stereocenters. The standard InChI is InChI=1S/C17H16F2N2O4/c1-20-16(23)11-5-3-4-6-12(11)21-15(22)10-7-8-13(25-17(18)19)14(9-10)24-2/h3-9,17H,1-2H3,(H,20,23)(H,21,22). The molecule has 0 saturated carbocycles. The van der Waals surface area contributed by atoms with E-state index in [2.05, 4.69) is 15.4 Å². The molecule has 2 aromatic rings. The van der Waals surface area contributed by atoms with Gasteiger partial charge in [0.2, 0.25) is 0 Å². The predicted molar refractivity (Wildman–Crippen MR) is 87.4 cm³/mol. The normalized spacial score (nSPS) is 10.3. The topological polar surface area (TPSA) is 76.7 Å². The summed E-state index contributed by atoms with van der Waals surface area (Å²) in [5.74, 6) is -1.07. The third-order valence-electron chi connectivity index (χ3n) is 3.29. The van der Waals surface area contributed by atoms with Gasteiger partial charge in [0, 0.05) is 12.6 Å². The summed E-state index contributed by atoms with van der Waals surface area (Å²) in [7, 11) is 2.75. The van der Waals surface area contributed by atoms with Crippen LogP contribution < -0.4 is 20.1 Å². The van der Waals surface area contributed by atoms with E-state index < -0.39 is 12.5 Å². The number of amides is 2. The Kier molecular flexibility index (Phi) is 5.89. The number of halogens is 2. The molecule has 0 saturated heterocycles. The first-order valence-corrected chi connectivity index (χ1v) is 7.21. The Morgan fingerprint density at radius 3 is 2.40 bits per heavy atom. The zero-order valence-electron chi connectivity index (χ0n) is 13.5. The van der Waals surface area contributed by atoms with Gasteiger partial charge in [-0.3, -0.25) is 9.59 Å². The Bertz CT molecular complexity index is 781. The number of rotatable bonds is 6. The van der Waals surface area contributed by atoms with Crippen molar-refractivity contribution in [1.82, 2.24) is 5.32 Å². The predicted octanol–water partition coefficient (Wildman–Crippen LogP) is 2.91. The highest BCUT2D eigenvalue weighted by Gasteiger charge is 2.16. The van der Waals surface area contributed by atoms with Crippen LogP contribution in [0.15, 0.2) is 42.5 Å². The molecule has 2 amide bonds. The van der Waals surface area contributed by atoms with Gasteiger partial charge in [-0.15, -0.1) is 0 Å². The van der Waals surface area contributed by atoms with Crippen LogP contribution in [0.1, 0.15) is 20.7 Å². The van der Waals surface area contributed by atoms with Crippen LogP contribution >= 0.6 is 0 Å². The van der Waals surface area contributed by atoms with E-state index in [4.69, 9.17) is 4.74 Å². The molecule has 0 spiro atoms. The molecular formula is C17H16F2N2O4. The molecule has 0 unspecified atom stereocenters. The average molecular weight is 350 g/mol. The summed E-state index contributed by atoms with van der Waals surface area (Å²) in [6.45, 7) is -3.01. The summed E-state index contributed by atoms with van der Waals surface area (Å²) >= 11 is 0. The molecule has 2 rings (SSSR count). The van der Waals surface area contributed by atoms with E-state index in [0.29, 0.717) is 11.3 Å². The molecule has 6 nitrogen and oxygen atoms in total. The zero-order valence-corrected chi connectivity index (χ0v) is 13.5. The molecule has 0 heterocycles. The van der Waals surface area contributed by atoms with Gasteiger partial charge in [-0.1, -0.05) is 12.1 Å². The summed E-state index contributed by atoms with van der Waals surface area (Å²) in [6, 6.07) is 10.3. The van der Waals surface area contributed by atoms with E-state index >= 15 is 0 Å². The van der Waals surface area contributed by atoms with E-state index in [-0.39, 0.29) is 23.0 Å². The van der Waals surface area contributed by atoms with E-state index in [1.807, 2.05) is 0 Å². The van der Waals surface area contributed by atoms with Crippen LogP contribution in [0.2, 0.25) is 0 Å². The molecule has 0 radical (unpaired) electrons. The molecule has 8 heteroatoms. The SMILES string of the molecule is CNC(=O)c1ccccc1NC(=O)c1ccc(OC(F)F)c(OC)c1. The highest BCUT2D eigenvalue weighted by atomic mass is 19.3. The smallest absolute Gasteiger partial charge is 0.387 e. The van der Waals surface area contributed by atoms with Gasteiger partial charge in [-0.2, -0.15) is 8.78 Å². The zero-order chi connectivity index (χ0) is 18.4. The van der Waals surface area contributed by atoms with Crippen molar-refractivity contribution in [2.75, 3.05) is 19.5 Å². The molecular weight excluding hydrogens is 334 g/mol. The Hall–Kier alpha value is -3.16. The minimum Gasteiger partial charge on any atom is -0.493 e. The molecule has 2 N–H and O–H groups in total. The van der Waals surface area contributed by atoms with Crippen LogP contribution in [0.5, 0.6) is 11.5 Å². The molecule has 0 fully saturated rings. The number of benzene rings is 2. The molecule has 25 heavy (non-hydrogen) atoms. The third-order valence-corrected chi connectivity index (χ3v) is 3.29. The van der Waals surface area contributed by atoms with Crippen molar-refractivity contribution in [2.45, 2.75) is 6.61 Å². The molecule has 0 aromatic heterocycles. The van der Waals surface area contributed by atoms with Gasteiger partial charge in [-0.05, 0) is 30.3 Å². The number of anilines is 1. The van der Waals surface area contributed by atoms with Crippen LogP contribution in [-0.4, -0.2) is 32.6 Å². The second-order valence-corrected chi connectivity index (χ2v) is 4.82. The number of carbonyl (C=O) groups excluding carboxylic acids is 2. The Morgan fingerprint density at radius 2 is 1.76 bits per heavy atom. The Morgan fingerprint density at radius 1 is 1.04 bits per heavy atom. The van der Waals surface area contributed by atoms with Crippen molar-refractivity contribution in [3.05, 3.63) is 53.6 Å². The highest BCUT2D eigenvalue weighted by Crippen LogP contribution is 2.30. The Balaban J connectivity index is 2.26. The fourth-order valence-electron chi connectivity index (χ4n) is 2.12. The summed E-state index contributed by atoms with van der Waals surface area (Å²) < 4.78 is 34.0. The number of hydrogen-bond acceptors (Lipinski definition) is 4. The maximum atomic E-state index is 12.4. The van der Waals surface area contributed by atoms with E-state index in [1.165, 1.54) is 32.4 Å². The summed E-state index contributed by atoms with van der Waals surface area (Å²) in [5, 5.41) is 5.09. The van der Waals surface area contributed by atoms with Crippen LogP contribution in [0, 0.1) is 0 Å². The monoisotopic (exact) mass is 350 g/mol. The molecule has 0 aliphatic carbocycles. The van der Waals surface area contributed by atoms with Crippen LogP contribution in [0.3, 0.4) is 0 Å². The van der Waals surface area contributed by atoms with Crippen molar-refractivity contribution < 1.29 is 27.8 Å². The summed E-state index contributed by atoms with van der Waals surface area (Å²) in [6.07, 6.45) is 0. The fourth-order valence-corrected chi connectivity index (χ4v) is 2.12. The summed E-state index contributed by atoms with van der Waals surface area (Å²) in [4.78, 5) is 24.2. The number of carbonyl (C=O) groups is 2. The number of alkyl halides is 2. The third kappa shape index (κ3) is 4.43. The van der Waals surface area contributed by atoms with Crippen molar-refractivity contribution in [2.24, 2.45) is 0 Å². The van der Waals surface area contributed by atoms with E-state index in [1.54, 1.807) is 24.3 Å². The molecule has 0 aliphatic rings. The lowest BCUT2D eigenvalue weighted by molar-refractivity contribution is -0.0512. The summed E-state index contributed by atoms with van der Waals surface area (Å²) in [5.41, 5.74) is 0.770. The Labute approximate surface area is 142 Å². The fraction of sp³-hybridized carbons (Fsp3) is 0.176. The molecule has 2 aromatic carbocycles. The van der Waals surface area contributed by atoms with E-state index in [9.17, 15) is 18.4 Å². The maximum Gasteiger partial charge on any atom is 0.387 e. The van der Waals surface area contributed by atoms with Crippen LogP contribution in [0.25, 0.3) is 0 Å². The first kappa shape index (κ1) is 18.2. The minimum absolute atomic E-state index is 0.00691. The van der Waals surface area contributed by atoms with Crippen molar-refractivity contribution >= 4 is 17.5 Å². The number of hydrogen-bond donors (Lipinski definition) is 2. The molecule has 132 valence electrons. The first-order valence-electron chi connectivity index (χ1n) is 7.21. The minimum atomic E-state index is -3.01. The van der Waals surface area contributed by atoms with Gasteiger partial charge < -0.3 is 20.1 Å².